The molecule has 3 aromatic rings. The molecule has 104 valence electrons. The third kappa shape index (κ3) is 2.71. The summed E-state index contributed by atoms with van der Waals surface area (Å²) in [6.45, 7) is 0. The fraction of sp³-hybridized carbons (Fsp3) is 0. The molecule has 0 atom stereocenters. The van der Waals surface area contributed by atoms with Crippen molar-refractivity contribution in [1.29, 1.82) is 0 Å². The summed E-state index contributed by atoms with van der Waals surface area (Å²) in [6, 6.07) is 9.38. The summed E-state index contributed by atoms with van der Waals surface area (Å²) >= 11 is 0. The Morgan fingerprint density at radius 1 is 1.19 bits per heavy atom. The minimum atomic E-state index is -0.395. The van der Waals surface area contributed by atoms with Gasteiger partial charge in [-0.25, -0.2) is 9.97 Å². The van der Waals surface area contributed by atoms with Crippen LogP contribution < -0.4 is 11.1 Å². The van der Waals surface area contributed by atoms with E-state index in [2.05, 4.69) is 25.0 Å². The second-order valence-electron chi connectivity index (χ2n) is 4.23. The monoisotopic (exact) mass is 281 g/mol. The number of aromatic nitrogens is 3. The van der Waals surface area contributed by atoms with E-state index in [1.165, 1.54) is 18.7 Å². The lowest BCUT2D eigenvalue weighted by Crippen LogP contribution is -2.14. The number of hydrogen-bond donors (Lipinski definition) is 2. The summed E-state index contributed by atoms with van der Waals surface area (Å²) < 4.78 is 4.64. The summed E-state index contributed by atoms with van der Waals surface area (Å²) in [5.74, 6) is 0.107. The average Bonchev–Trinajstić information content (AvgIpc) is 3.03. The first kappa shape index (κ1) is 12.8. The summed E-state index contributed by atoms with van der Waals surface area (Å²) in [6.07, 6.45) is 4.01. The standard InChI is InChI=1S/C14H11N5O2/c15-11-7-16-12(9-4-2-1-3-5-9)13(18-11)19-14(20)10-6-17-21-8-10/h1-8H,(H3,15,18,19,20). The van der Waals surface area contributed by atoms with Gasteiger partial charge in [0, 0.05) is 5.56 Å². The molecule has 0 aliphatic carbocycles. The predicted octanol–water partition coefficient (Wildman–Crippen LogP) is 1.97. The number of carbonyl (C=O) groups is 1. The SMILES string of the molecule is Nc1cnc(-c2ccccc2)c(NC(=O)c2cnoc2)n1. The number of rotatable bonds is 3. The van der Waals surface area contributed by atoms with Crippen molar-refractivity contribution >= 4 is 17.5 Å². The minimum Gasteiger partial charge on any atom is -0.382 e. The lowest BCUT2D eigenvalue weighted by molar-refractivity contribution is 0.102. The normalized spacial score (nSPS) is 10.3. The fourth-order valence-electron chi connectivity index (χ4n) is 1.79. The van der Waals surface area contributed by atoms with Gasteiger partial charge in [-0.3, -0.25) is 4.79 Å². The highest BCUT2D eigenvalue weighted by Gasteiger charge is 2.14. The van der Waals surface area contributed by atoms with Crippen molar-refractivity contribution in [3.63, 3.8) is 0 Å². The second kappa shape index (κ2) is 5.41. The van der Waals surface area contributed by atoms with E-state index in [-0.39, 0.29) is 11.6 Å². The van der Waals surface area contributed by atoms with Gasteiger partial charge >= 0.3 is 0 Å². The fourth-order valence-corrected chi connectivity index (χ4v) is 1.79. The Balaban J connectivity index is 1.98. The Morgan fingerprint density at radius 3 is 2.71 bits per heavy atom. The summed E-state index contributed by atoms with van der Waals surface area (Å²) in [5, 5.41) is 6.15. The van der Waals surface area contributed by atoms with Crippen LogP contribution in [-0.2, 0) is 0 Å². The van der Waals surface area contributed by atoms with E-state index in [1.807, 2.05) is 30.3 Å². The molecule has 7 nitrogen and oxygen atoms in total. The maximum atomic E-state index is 12.1. The molecule has 0 bridgehead atoms. The summed E-state index contributed by atoms with van der Waals surface area (Å²) in [5.41, 5.74) is 7.30. The average molecular weight is 281 g/mol. The van der Waals surface area contributed by atoms with E-state index in [9.17, 15) is 4.79 Å². The predicted molar refractivity (Wildman–Crippen MR) is 76.3 cm³/mol. The molecule has 1 amide bonds. The van der Waals surface area contributed by atoms with Gasteiger partial charge < -0.3 is 15.6 Å². The van der Waals surface area contributed by atoms with E-state index in [0.717, 1.165) is 5.56 Å². The zero-order chi connectivity index (χ0) is 14.7. The highest BCUT2D eigenvalue weighted by atomic mass is 16.5. The molecule has 0 fully saturated rings. The number of nitrogens with zero attached hydrogens (tertiary/aromatic N) is 3. The molecule has 0 aliphatic rings. The van der Waals surface area contributed by atoms with Crippen LogP contribution in [0.3, 0.4) is 0 Å². The van der Waals surface area contributed by atoms with Crippen LogP contribution in [0.5, 0.6) is 0 Å². The maximum absolute atomic E-state index is 12.1. The third-order valence-electron chi connectivity index (χ3n) is 2.76. The third-order valence-corrected chi connectivity index (χ3v) is 2.76. The molecule has 0 radical (unpaired) electrons. The molecule has 0 unspecified atom stereocenters. The maximum Gasteiger partial charge on any atom is 0.261 e. The molecule has 3 N–H and O–H groups in total. The van der Waals surface area contributed by atoms with Crippen LogP contribution in [0.15, 0.2) is 53.5 Å². The number of amides is 1. The summed E-state index contributed by atoms with van der Waals surface area (Å²) in [4.78, 5) is 20.4. The van der Waals surface area contributed by atoms with Crippen LogP contribution >= 0.6 is 0 Å². The highest BCUT2D eigenvalue weighted by Crippen LogP contribution is 2.24. The van der Waals surface area contributed by atoms with Crippen LogP contribution in [0.25, 0.3) is 11.3 Å². The van der Waals surface area contributed by atoms with Crippen LogP contribution in [0, 0.1) is 0 Å². The number of hydrogen-bond acceptors (Lipinski definition) is 6. The van der Waals surface area contributed by atoms with Gasteiger partial charge in [0.15, 0.2) is 5.82 Å². The van der Waals surface area contributed by atoms with Crippen molar-refractivity contribution in [2.45, 2.75) is 0 Å². The van der Waals surface area contributed by atoms with Crippen LogP contribution in [0.4, 0.5) is 11.6 Å². The van der Waals surface area contributed by atoms with Crippen molar-refractivity contribution < 1.29 is 9.32 Å². The molecule has 1 aromatic carbocycles. The van der Waals surface area contributed by atoms with Gasteiger partial charge in [0.05, 0.1) is 18.0 Å². The number of benzene rings is 1. The molecule has 7 heteroatoms. The molecule has 3 rings (SSSR count). The lowest BCUT2D eigenvalue weighted by atomic mass is 10.1. The van der Waals surface area contributed by atoms with E-state index < -0.39 is 5.91 Å². The molecule has 0 saturated carbocycles. The van der Waals surface area contributed by atoms with Gasteiger partial charge in [-0.1, -0.05) is 35.5 Å². The molecule has 0 spiro atoms. The smallest absolute Gasteiger partial charge is 0.261 e. The first-order valence-corrected chi connectivity index (χ1v) is 6.13. The van der Waals surface area contributed by atoms with Gasteiger partial charge in [0.2, 0.25) is 0 Å². The number of anilines is 2. The Hall–Kier alpha value is -3.22. The zero-order valence-corrected chi connectivity index (χ0v) is 10.9. The number of nitrogens with two attached hydrogens (primary N) is 1. The van der Waals surface area contributed by atoms with Gasteiger partial charge in [-0.15, -0.1) is 0 Å². The number of nitrogens with one attached hydrogen (secondary N) is 1. The number of carbonyl (C=O) groups excluding carboxylic acids is 1. The Morgan fingerprint density at radius 2 is 2.00 bits per heavy atom. The van der Waals surface area contributed by atoms with Crippen LogP contribution in [-0.4, -0.2) is 21.0 Å². The van der Waals surface area contributed by atoms with Gasteiger partial charge in [0.1, 0.15) is 17.8 Å². The Labute approximate surface area is 119 Å². The van der Waals surface area contributed by atoms with Crippen molar-refractivity contribution in [3.05, 3.63) is 54.6 Å². The second-order valence-corrected chi connectivity index (χ2v) is 4.23. The van der Waals surface area contributed by atoms with Crippen LogP contribution in [0.2, 0.25) is 0 Å². The van der Waals surface area contributed by atoms with E-state index in [1.54, 1.807) is 0 Å². The molecule has 2 heterocycles. The molecular weight excluding hydrogens is 270 g/mol. The van der Waals surface area contributed by atoms with E-state index >= 15 is 0 Å². The van der Waals surface area contributed by atoms with Crippen LogP contribution in [0.1, 0.15) is 10.4 Å². The largest absolute Gasteiger partial charge is 0.382 e. The first-order valence-electron chi connectivity index (χ1n) is 6.13. The van der Waals surface area contributed by atoms with Gasteiger partial charge in [-0.2, -0.15) is 0 Å². The summed E-state index contributed by atoms with van der Waals surface area (Å²) in [7, 11) is 0. The molecule has 2 aromatic heterocycles. The van der Waals surface area contributed by atoms with Gasteiger partial charge in [-0.05, 0) is 0 Å². The lowest BCUT2D eigenvalue weighted by Gasteiger charge is -2.09. The molecule has 0 aliphatic heterocycles. The van der Waals surface area contributed by atoms with Crippen molar-refractivity contribution in [2.75, 3.05) is 11.1 Å². The molecule has 21 heavy (non-hydrogen) atoms. The highest BCUT2D eigenvalue weighted by molar-refractivity contribution is 6.04. The van der Waals surface area contributed by atoms with Crippen molar-refractivity contribution in [1.82, 2.24) is 15.1 Å². The first-order chi connectivity index (χ1) is 10.2. The van der Waals surface area contributed by atoms with Crippen molar-refractivity contribution in [2.24, 2.45) is 0 Å². The van der Waals surface area contributed by atoms with E-state index in [4.69, 9.17) is 5.73 Å². The van der Waals surface area contributed by atoms with E-state index in [0.29, 0.717) is 11.3 Å². The van der Waals surface area contributed by atoms with Crippen molar-refractivity contribution in [3.8, 4) is 11.3 Å². The topological polar surface area (TPSA) is 107 Å². The Kier molecular flexibility index (Phi) is 3.30. The Bertz CT molecular complexity index is 756. The molecular formula is C14H11N5O2. The van der Waals surface area contributed by atoms with Gasteiger partial charge in [0.25, 0.3) is 5.91 Å². The zero-order valence-electron chi connectivity index (χ0n) is 10.9. The number of nitrogen functional groups attached to an aromatic ring is 1. The quantitative estimate of drug-likeness (QED) is 0.760. The molecule has 0 saturated heterocycles. The minimum absolute atomic E-state index is 0.218.